The molecule has 352 valence electrons. The monoisotopic (exact) mass is 897 g/mol. The number of hydrogen-bond donors (Lipinski definition) is 5. The lowest BCUT2D eigenvalue weighted by Gasteiger charge is -2.42. The molecule has 0 aromatic heterocycles. The van der Waals surface area contributed by atoms with E-state index in [1.165, 1.54) is 19.5 Å². The third kappa shape index (κ3) is 16.9. The van der Waals surface area contributed by atoms with Crippen LogP contribution in [0.15, 0.2) is 42.5 Å². The largest absolute Gasteiger partial charge is 0.491 e. The van der Waals surface area contributed by atoms with Crippen molar-refractivity contribution in [2.45, 2.75) is 90.3 Å². The quantitative estimate of drug-likeness (QED) is 0.113. The third-order valence-corrected chi connectivity index (χ3v) is 10.4. The molecule has 0 saturated heterocycles. The van der Waals surface area contributed by atoms with Crippen LogP contribution in [0.5, 0.6) is 5.75 Å². The van der Waals surface area contributed by atoms with E-state index in [9.17, 15) is 37.5 Å². The van der Waals surface area contributed by atoms with E-state index in [1.54, 1.807) is 4.90 Å². The van der Waals surface area contributed by atoms with Crippen LogP contribution in [0.2, 0.25) is 0 Å². The Morgan fingerprint density at radius 3 is 1.98 bits per heavy atom. The van der Waals surface area contributed by atoms with E-state index >= 15 is 0 Å². The molecule has 2 aromatic rings. The van der Waals surface area contributed by atoms with Gasteiger partial charge in [0.2, 0.25) is 17.7 Å². The van der Waals surface area contributed by atoms with E-state index in [4.69, 9.17) is 39.3 Å². The molecular weight excluding hydrogens is 835 g/mol. The fraction of sp³-hybridized carbons (Fsp3) is 0.605. The standard InChI is InChI=1S/C41H61N5O10.C2HF3O2/c1-28(45(5)40(50)51)37(47)44-36(41(2,3)4)39(49)46-27-31-25-32(56-24-23-55-22-21-54-20-19-53-18-17-52-16-15-42)14-13-30(31)26-35(46)38(48)43-34-12-8-10-29-9-6-7-11-33(29)34;3-2(4,5)1(6)7/h6-7,9,11,13-14,25,28,34-36H,8,10,12,15-24,26-27,42H2,1-5H3,(H,43,48)(H,44,47)(H,50,51);(H,6,7)/t28-,34+,35-,36+;/m0./s1. The van der Waals surface area contributed by atoms with Crippen LogP contribution in [-0.2, 0) is 57.5 Å². The summed E-state index contributed by atoms with van der Waals surface area (Å²) in [4.78, 5) is 65.2. The zero-order valence-corrected chi connectivity index (χ0v) is 36.5. The number of alkyl halides is 3. The van der Waals surface area contributed by atoms with Crippen LogP contribution in [0, 0.1) is 5.41 Å². The number of aliphatic carboxylic acids is 1. The lowest BCUT2D eigenvalue weighted by molar-refractivity contribution is -0.192. The van der Waals surface area contributed by atoms with Crippen LogP contribution in [0.1, 0.15) is 68.8 Å². The fourth-order valence-corrected chi connectivity index (χ4v) is 6.77. The molecule has 4 amide bonds. The average molecular weight is 898 g/mol. The van der Waals surface area contributed by atoms with Crippen molar-refractivity contribution in [2.24, 2.45) is 11.1 Å². The lowest BCUT2D eigenvalue weighted by atomic mass is 9.83. The number of nitrogens with two attached hydrogens (primary N) is 1. The Bertz CT molecular complexity index is 1810. The molecule has 63 heavy (non-hydrogen) atoms. The zero-order valence-electron chi connectivity index (χ0n) is 36.5. The summed E-state index contributed by atoms with van der Waals surface area (Å²) in [5, 5.41) is 22.7. The molecule has 0 fully saturated rings. The maximum absolute atomic E-state index is 14.7. The molecule has 0 spiro atoms. The van der Waals surface area contributed by atoms with Gasteiger partial charge < -0.3 is 55.2 Å². The van der Waals surface area contributed by atoms with Gasteiger partial charge in [-0.3, -0.25) is 19.3 Å². The molecule has 4 atom stereocenters. The Morgan fingerprint density at radius 1 is 0.857 bits per heavy atom. The van der Waals surface area contributed by atoms with Crippen molar-refractivity contribution >= 4 is 29.8 Å². The van der Waals surface area contributed by atoms with Crippen molar-refractivity contribution < 1.29 is 71.0 Å². The minimum absolute atomic E-state index is 0.107. The SMILES string of the molecule is C[C@@H](C(=O)N[C@H](C(=O)N1Cc2cc(OCCOCCOCCOCCOCCN)ccc2C[C@H]1C(=O)N[C@@H]1CCCc2ccccc21)C(C)(C)C)N(C)C(=O)O.O=C(O)C(F)(F)F. The van der Waals surface area contributed by atoms with E-state index in [2.05, 4.69) is 16.7 Å². The van der Waals surface area contributed by atoms with Crippen molar-refractivity contribution in [3.63, 3.8) is 0 Å². The van der Waals surface area contributed by atoms with Gasteiger partial charge in [0, 0.05) is 26.6 Å². The first-order valence-corrected chi connectivity index (χ1v) is 20.8. The van der Waals surface area contributed by atoms with Gasteiger partial charge in [-0.05, 0) is 66.0 Å². The number of likely N-dealkylation sites (N-methyl/N-ethyl adjacent to an activating group) is 1. The highest BCUT2D eigenvalue weighted by molar-refractivity contribution is 5.94. The second-order valence-corrected chi connectivity index (χ2v) is 16.0. The molecule has 0 saturated carbocycles. The van der Waals surface area contributed by atoms with Crippen molar-refractivity contribution in [1.82, 2.24) is 20.4 Å². The number of carboxylic acids is 1. The van der Waals surface area contributed by atoms with Gasteiger partial charge in [-0.1, -0.05) is 51.1 Å². The molecule has 1 aliphatic heterocycles. The highest BCUT2D eigenvalue weighted by atomic mass is 19.4. The number of halogens is 3. The number of fused-ring (bicyclic) bond motifs is 2. The van der Waals surface area contributed by atoms with E-state index in [-0.39, 0.29) is 24.9 Å². The van der Waals surface area contributed by atoms with Gasteiger partial charge >= 0.3 is 18.2 Å². The molecule has 1 aliphatic carbocycles. The van der Waals surface area contributed by atoms with Gasteiger partial charge in [0.15, 0.2) is 0 Å². The van der Waals surface area contributed by atoms with Gasteiger partial charge in [0.05, 0.1) is 58.9 Å². The maximum atomic E-state index is 14.7. The summed E-state index contributed by atoms with van der Waals surface area (Å²) in [6, 6.07) is 10.6. The second kappa shape index (κ2) is 25.3. The Kier molecular flexibility index (Phi) is 21.0. The molecule has 1 heterocycles. The molecular formula is C43H62F3N5O12. The minimum Gasteiger partial charge on any atom is -0.491 e. The molecule has 4 rings (SSSR count). The number of aryl methyl sites for hydroxylation is 1. The summed E-state index contributed by atoms with van der Waals surface area (Å²) in [5.74, 6) is -3.48. The Hall–Kier alpha value is -5.02. The number of rotatable bonds is 21. The summed E-state index contributed by atoms with van der Waals surface area (Å²) in [6.07, 6.45) is -3.42. The molecule has 0 unspecified atom stereocenters. The molecule has 17 nitrogen and oxygen atoms in total. The summed E-state index contributed by atoms with van der Waals surface area (Å²) in [7, 11) is 1.30. The van der Waals surface area contributed by atoms with E-state index < -0.39 is 53.6 Å². The van der Waals surface area contributed by atoms with Crippen LogP contribution in [0.4, 0.5) is 18.0 Å². The second-order valence-electron chi connectivity index (χ2n) is 16.0. The average Bonchev–Trinajstić information content (AvgIpc) is 3.23. The van der Waals surface area contributed by atoms with E-state index in [1.807, 2.05) is 57.2 Å². The van der Waals surface area contributed by atoms with Gasteiger partial charge in [-0.2, -0.15) is 13.2 Å². The number of benzene rings is 2. The maximum Gasteiger partial charge on any atom is 0.490 e. The normalized spacial score (nSPS) is 16.9. The molecule has 0 radical (unpaired) electrons. The predicted octanol–water partition coefficient (Wildman–Crippen LogP) is 3.70. The molecule has 2 aromatic carbocycles. The summed E-state index contributed by atoms with van der Waals surface area (Å²) < 4.78 is 59.6. The van der Waals surface area contributed by atoms with Crippen molar-refractivity contribution in [3.05, 3.63) is 64.7 Å². The number of carbonyl (C=O) groups is 5. The fourth-order valence-electron chi connectivity index (χ4n) is 6.77. The summed E-state index contributed by atoms with van der Waals surface area (Å²) in [5.41, 5.74) is 8.63. The summed E-state index contributed by atoms with van der Waals surface area (Å²) in [6.45, 7) is 11.4. The van der Waals surface area contributed by atoms with Crippen LogP contribution in [0.3, 0.4) is 0 Å². The van der Waals surface area contributed by atoms with E-state index in [0.717, 1.165) is 40.9 Å². The Balaban J connectivity index is 0.00000139. The smallest absolute Gasteiger partial charge is 0.490 e. The van der Waals surface area contributed by atoms with Gasteiger partial charge in [0.25, 0.3) is 0 Å². The van der Waals surface area contributed by atoms with Gasteiger partial charge in [-0.15, -0.1) is 0 Å². The zero-order chi connectivity index (χ0) is 46.7. The van der Waals surface area contributed by atoms with Gasteiger partial charge in [0.1, 0.15) is 30.5 Å². The molecule has 2 aliphatic rings. The molecule has 20 heteroatoms. The highest BCUT2D eigenvalue weighted by Gasteiger charge is 2.43. The van der Waals surface area contributed by atoms with Crippen molar-refractivity contribution in [1.29, 1.82) is 0 Å². The minimum atomic E-state index is -5.08. The van der Waals surface area contributed by atoms with Gasteiger partial charge in [-0.25, -0.2) is 9.59 Å². The van der Waals surface area contributed by atoms with Crippen molar-refractivity contribution in [2.75, 3.05) is 73.1 Å². The predicted molar refractivity (Wildman–Crippen MR) is 223 cm³/mol. The number of carbonyl (C=O) groups excluding carboxylic acids is 3. The molecule has 6 N–H and O–H groups in total. The highest BCUT2D eigenvalue weighted by Crippen LogP contribution is 2.33. The molecule has 0 bridgehead atoms. The number of nitrogens with zero attached hydrogens (tertiary/aromatic N) is 2. The number of nitrogens with one attached hydrogen (secondary N) is 2. The third-order valence-electron chi connectivity index (χ3n) is 10.4. The van der Waals surface area contributed by atoms with Crippen LogP contribution < -0.4 is 21.1 Å². The summed E-state index contributed by atoms with van der Waals surface area (Å²) >= 11 is 0. The van der Waals surface area contributed by atoms with Crippen LogP contribution >= 0.6 is 0 Å². The Morgan fingerprint density at radius 2 is 1.43 bits per heavy atom. The van der Waals surface area contributed by atoms with E-state index in [0.29, 0.717) is 71.8 Å². The first-order chi connectivity index (χ1) is 29.8. The Labute approximate surface area is 365 Å². The topological polar surface area (TPSA) is 229 Å². The lowest BCUT2D eigenvalue weighted by Crippen LogP contribution is -2.62. The first-order valence-electron chi connectivity index (χ1n) is 20.8. The first kappa shape index (κ1) is 52.3. The number of amides is 4. The number of carboxylic acid groups (broad SMARTS) is 2. The van der Waals surface area contributed by atoms with Crippen LogP contribution in [0.25, 0.3) is 0 Å². The van der Waals surface area contributed by atoms with Crippen LogP contribution in [-0.4, -0.2) is 147 Å². The number of ether oxygens (including phenoxy) is 5. The number of hydrogen-bond acceptors (Lipinski definition) is 11. The van der Waals surface area contributed by atoms with Crippen molar-refractivity contribution in [3.8, 4) is 5.75 Å².